The van der Waals surface area contributed by atoms with E-state index in [0.29, 0.717) is 6.07 Å². The number of benzene rings is 1. The molecular weight excluding hydrogens is 287 g/mol. The van der Waals surface area contributed by atoms with Crippen LogP contribution in [0.1, 0.15) is 19.4 Å². The van der Waals surface area contributed by atoms with Crippen LogP contribution in [0.5, 0.6) is 0 Å². The van der Waals surface area contributed by atoms with Crippen LogP contribution in [0.15, 0.2) is 23.1 Å². The van der Waals surface area contributed by atoms with Crippen LogP contribution in [0.25, 0.3) is 0 Å². The summed E-state index contributed by atoms with van der Waals surface area (Å²) in [5, 5.41) is 17.5. The van der Waals surface area contributed by atoms with E-state index in [2.05, 4.69) is 0 Å². The molecule has 0 aliphatic carbocycles. The molecule has 1 unspecified atom stereocenters. The molecule has 108 valence electrons. The third kappa shape index (κ3) is 3.53. The fourth-order valence-electron chi connectivity index (χ4n) is 1.46. The minimum atomic E-state index is -4.18. The van der Waals surface area contributed by atoms with Gasteiger partial charge in [-0.15, -0.1) is 0 Å². The van der Waals surface area contributed by atoms with Crippen molar-refractivity contribution in [2.45, 2.75) is 24.8 Å². The van der Waals surface area contributed by atoms with Crippen LogP contribution in [0.2, 0.25) is 0 Å². The van der Waals surface area contributed by atoms with Crippen LogP contribution in [0.4, 0.5) is 4.39 Å². The van der Waals surface area contributed by atoms with Gasteiger partial charge in [-0.3, -0.25) is 4.79 Å². The van der Waals surface area contributed by atoms with Crippen molar-refractivity contribution in [3.05, 3.63) is 29.6 Å². The SMILES string of the molecule is CC(C)C(NS(=O)(=O)c1ccc(C#N)c(F)c1)C(=O)O. The van der Waals surface area contributed by atoms with Gasteiger partial charge in [-0.2, -0.15) is 9.98 Å². The van der Waals surface area contributed by atoms with Gasteiger partial charge in [0.15, 0.2) is 0 Å². The third-order valence-electron chi connectivity index (χ3n) is 2.59. The molecule has 0 aromatic heterocycles. The zero-order valence-electron chi connectivity index (χ0n) is 10.8. The molecule has 0 aliphatic heterocycles. The molecule has 6 nitrogen and oxygen atoms in total. The van der Waals surface area contributed by atoms with Crippen molar-refractivity contribution in [2.75, 3.05) is 0 Å². The molecule has 0 heterocycles. The van der Waals surface area contributed by atoms with Crippen molar-refractivity contribution in [1.82, 2.24) is 4.72 Å². The molecule has 0 spiro atoms. The number of sulfonamides is 1. The molecule has 20 heavy (non-hydrogen) atoms. The van der Waals surface area contributed by atoms with E-state index in [-0.39, 0.29) is 5.56 Å². The zero-order chi connectivity index (χ0) is 15.5. The van der Waals surface area contributed by atoms with Crippen LogP contribution in [0.3, 0.4) is 0 Å². The summed E-state index contributed by atoms with van der Waals surface area (Å²) >= 11 is 0. The summed E-state index contributed by atoms with van der Waals surface area (Å²) in [6.45, 7) is 3.08. The first-order valence-electron chi connectivity index (χ1n) is 5.64. The van der Waals surface area contributed by atoms with E-state index in [1.54, 1.807) is 19.9 Å². The Morgan fingerprint density at radius 2 is 2.05 bits per heavy atom. The van der Waals surface area contributed by atoms with Gasteiger partial charge in [0.1, 0.15) is 17.9 Å². The predicted octanol–water partition coefficient (Wildman–Crippen LogP) is 1.08. The Morgan fingerprint density at radius 1 is 1.45 bits per heavy atom. The summed E-state index contributed by atoms with van der Waals surface area (Å²) in [7, 11) is -4.18. The second kappa shape index (κ2) is 5.98. The lowest BCUT2D eigenvalue weighted by Gasteiger charge is -2.18. The molecule has 0 bridgehead atoms. The highest BCUT2D eigenvalue weighted by Crippen LogP contribution is 2.16. The summed E-state index contributed by atoms with van der Waals surface area (Å²) < 4.78 is 39.4. The van der Waals surface area contributed by atoms with Gasteiger partial charge in [-0.05, 0) is 24.1 Å². The van der Waals surface area contributed by atoms with Crippen LogP contribution in [0, 0.1) is 23.1 Å². The lowest BCUT2D eigenvalue weighted by atomic mass is 10.1. The molecule has 1 rings (SSSR count). The standard InChI is InChI=1S/C12H13FN2O4S/c1-7(2)11(12(16)17)15-20(18,19)9-4-3-8(6-14)10(13)5-9/h3-5,7,11,15H,1-2H3,(H,16,17). The molecule has 0 amide bonds. The zero-order valence-corrected chi connectivity index (χ0v) is 11.6. The summed E-state index contributed by atoms with van der Waals surface area (Å²) in [4.78, 5) is 10.5. The van der Waals surface area contributed by atoms with Gasteiger partial charge in [-0.25, -0.2) is 12.8 Å². The van der Waals surface area contributed by atoms with Crippen molar-refractivity contribution in [3.63, 3.8) is 0 Å². The molecule has 8 heteroatoms. The van der Waals surface area contributed by atoms with Crippen molar-refractivity contribution in [3.8, 4) is 6.07 Å². The number of nitrogens with zero attached hydrogens (tertiary/aromatic N) is 1. The molecule has 1 atom stereocenters. The highest BCUT2D eigenvalue weighted by molar-refractivity contribution is 7.89. The van der Waals surface area contributed by atoms with Gasteiger partial charge in [0, 0.05) is 0 Å². The topological polar surface area (TPSA) is 107 Å². The Balaban J connectivity index is 3.15. The Kier molecular flexibility index (Phi) is 4.81. The number of halogens is 1. The fourth-order valence-corrected chi connectivity index (χ4v) is 2.81. The number of hydrogen-bond acceptors (Lipinski definition) is 4. The number of nitriles is 1. The fraction of sp³-hybridized carbons (Fsp3) is 0.333. The van der Waals surface area contributed by atoms with Crippen molar-refractivity contribution in [2.24, 2.45) is 5.92 Å². The van der Waals surface area contributed by atoms with Crippen LogP contribution in [-0.2, 0) is 14.8 Å². The number of nitrogens with one attached hydrogen (secondary N) is 1. The van der Waals surface area contributed by atoms with Crippen molar-refractivity contribution >= 4 is 16.0 Å². The minimum absolute atomic E-state index is 0.289. The smallest absolute Gasteiger partial charge is 0.322 e. The van der Waals surface area contributed by atoms with Crippen LogP contribution < -0.4 is 4.72 Å². The van der Waals surface area contributed by atoms with Crippen LogP contribution >= 0.6 is 0 Å². The van der Waals surface area contributed by atoms with E-state index < -0.39 is 38.7 Å². The molecule has 1 aromatic rings. The molecule has 0 radical (unpaired) electrons. The van der Waals surface area contributed by atoms with E-state index >= 15 is 0 Å². The highest BCUT2D eigenvalue weighted by atomic mass is 32.2. The monoisotopic (exact) mass is 300 g/mol. The molecule has 0 aliphatic rings. The lowest BCUT2D eigenvalue weighted by molar-refractivity contribution is -0.140. The van der Waals surface area contributed by atoms with Gasteiger partial charge >= 0.3 is 5.97 Å². The number of carbonyl (C=O) groups is 1. The summed E-state index contributed by atoms with van der Waals surface area (Å²) in [6.07, 6.45) is 0. The molecule has 2 N–H and O–H groups in total. The first-order valence-corrected chi connectivity index (χ1v) is 7.12. The minimum Gasteiger partial charge on any atom is -0.480 e. The molecular formula is C12H13FN2O4S. The Labute approximate surface area is 115 Å². The van der Waals surface area contributed by atoms with Gasteiger partial charge in [0.2, 0.25) is 10.0 Å². The van der Waals surface area contributed by atoms with Crippen molar-refractivity contribution in [1.29, 1.82) is 5.26 Å². The summed E-state index contributed by atoms with van der Waals surface area (Å²) in [5.41, 5.74) is -0.289. The summed E-state index contributed by atoms with van der Waals surface area (Å²) in [6, 6.07) is 2.99. The van der Waals surface area contributed by atoms with Crippen molar-refractivity contribution < 1.29 is 22.7 Å². The van der Waals surface area contributed by atoms with E-state index in [1.807, 2.05) is 4.72 Å². The number of hydrogen-bond donors (Lipinski definition) is 2. The van der Waals surface area contributed by atoms with E-state index in [4.69, 9.17) is 10.4 Å². The first kappa shape index (κ1) is 16.1. The van der Waals surface area contributed by atoms with Gasteiger partial charge < -0.3 is 5.11 Å². The molecule has 0 saturated heterocycles. The normalized spacial score (nSPS) is 12.9. The average Bonchev–Trinajstić information content (AvgIpc) is 2.35. The predicted molar refractivity (Wildman–Crippen MR) is 67.7 cm³/mol. The Morgan fingerprint density at radius 3 is 2.45 bits per heavy atom. The maximum absolute atomic E-state index is 13.4. The maximum Gasteiger partial charge on any atom is 0.322 e. The third-order valence-corrected chi connectivity index (χ3v) is 4.02. The van der Waals surface area contributed by atoms with E-state index in [1.165, 1.54) is 0 Å². The average molecular weight is 300 g/mol. The second-order valence-corrected chi connectivity index (χ2v) is 6.15. The Bertz CT molecular complexity index is 665. The Hall–Kier alpha value is -1.98. The number of carboxylic acids is 1. The maximum atomic E-state index is 13.4. The van der Waals surface area contributed by atoms with Gasteiger partial charge in [0.05, 0.1) is 10.5 Å². The molecule has 0 saturated carbocycles. The van der Waals surface area contributed by atoms with Gasteiger partial charge in [0.25, 0.3) is 0 Å². The largest absolute Gasteiger partial charge is 0.480 e. The molecule has 1 aromatic carbocycles. The number of rotatable bonds is 5. The molecule has 0 fully saturated rings. The van der Waals surface area contributed by atoms with E-state index in [9.17, 15) is 17.6 Å². The van der Waals surface area contributed by atoms with Crippen LogP contribution in [-0.4, -0.2) is 25.5 Å². The highest BCUT2D eigenvalue weighted by Gasteiger charge is 2.28. The van der Waals surface area contributed by atoms with E-state index in [0.717, 1.165) is 12.1 Å². The quantitative estimate of drug-likeness (QED) is 0.846. The first-order chi connectivity index (χ1) is 9.19. The number of aliphatic carboxylic acids is 1. The lowest BCUT2D eigenvalue weighted by Crippen LogP contribution is -2.44. The summed E-state index contributed by atoms with van der Waals surface area (Å²) in [5.74, 6) is -2.78. The van der Waals surface area contributed by atoms with Gasteiger partial charge in [-0.1, -0.05) is 13.8 Å². The second-order valence-electron chi connectivity index (χ2n) is 4.43. The number of carboxylic acid groups (broad SMARTS) is 1.